The molecular weight excluding hydrogens is 174 g/mol. The lowest BCUT2D eigenvalue weighted by molar-refractivity contribution is 0.411. The highest BCUT2D eigenvalue weighted by atomic mass is 16.5. The zero-order chi connectivity index (χ0) is 10.4. The normalized spacial score (nSPS) is 9.07. The standard InChI is InChI=1S/C12H15NO/c1-10-9-11(5-4-8-13-2)6-7-12(10)14-3/h6-7,9,13H,8H2,1-3H3. The van der Waals surface area contributed by atoms with E-state index in [4.69, 9.17) is 4.74 Å². The van der Waals surface area contributed by atoms with E-state index in [0.29, 0.717) is 6.54 Å². The van der Waals surface area contributed by atoms with E-state index in [9.17, 15) is 0 Å². The summed E-state index contributed by atoms with van der Waals surface area (Å²) in [5.74, 6) is 6.99. The highest BCUT2D eigenvalue weighted by Crippen LogP contribution is 2.17. The summed E-state index contributed by atoms with van der Waals surface area (Å²) in [7, 11) is 3.56. The molecule has 0 bridgehead atoms. The van der Waals surface area contributed by atoms with E-state index in [2.05, 4.69) is 17.2 Å². The molecule has 0 saturated heterocycles. The van der Waals surface area contributed by atoms with E-state index in [1.165, 1.54) is 0 Å². The van der Waals surface area contributed by atoms with Gasteiger partial charge in [0.1, 0.15) is 5.75 Å². The molecule has 1 rings (SSSR count). The van der Waals surface area contributed by atoms with Crippen LogP contribution < -0.4 is 10.1 Å². The molecule has 1 aromatic rings. The number of hydrogen-bond acceptors (Lipinski definition) is 2. The van der Waals surface area contributed by atoms with Crippen LogP contribution in [0.2, 0.25) is 0 Å². The molecule has 0 spiro atoms. The molecular formula is C12H15NO. The predicted octanol–water partition coefficient (Wildman–Crippen LogP) is 1.57. The second-order valence-corrected chi connectivity index (χ2v) is 3.02. The maximum atomic E-state index is 5.17. The fourth-order valence-corrected chi connectivity index (χ4v) is 1.19. The average Bonchev–Trinajstić information content (AvgIpc) is 2.18. The minimum absolute atomic E-state index is 0.713. The second-order valence-electron chi connectivity index (χ2n) is 3.02. The van der Waals surface area contributed by atoms with Crippen LogP contribution in [0, 0.1) is 18.8 Å². The Morgan fingerprint density at radius 1 is 1.43 bits per heavy atom. The lowest BCUT2D eigenvalue weighted by atomic mass is 10.1. The van der Waals surface area contributed by atoms with Crippen molar-refractivity contribution in [3.8, 4) is 17.6 Å². The fraction of sp³-hybridized carbons (Fsp3) is 0.333. The maximum Gasteiger partial charge on any atom is 0.121 e. The second kappa shape index (κ2) is 5.31. The van der Waals surface area contributed by atoms with E-state index in [0.717, 1.165) is 16.9 Å². The molecule has 1 aromatic carbocycles. The fourth-order valence-electron chi connectivity index (χ4n) is 1.19. The van der Waals surface area contributed by atoms with Crippen LogP contribution in [0.3, 0.4) is 0 Å². The molecule has 14 heavy (non-hydrogen) atoms. The first-order chi connectivity index (χ1) is 6.77. The van der Waals surface area contributed by atoms with Crippen molar-refractivity contribution in [3.63, 3.8) is 0 Å². The quantitative estimate of drug-likeness (QED) is 0.713. The van der Waals surface area contributed by atoms with Crippen molar-refractivity contribution in [3.05, 3.63) is 29.3 Å². The summed E-state index contributed by atoms with van der Waals surface area (Å²) in [5.41, 5.74) is 2.14. The Hall–Kier alpha value is -1.46. The number of aryl methyl sites for hydroxylation is 1. The molecule has 0 unspecified atom stereocenters. The first-order valence-electron chi connectivity index (χ1n) is 4.56. The average molecular weight is 189 g/mol. The van der Waals surface area contributed by atoms with Gasteiger partial charge in [-0.3, -0.25) is 0 Å². The molecule has 74 valence electrons. The molecule has 0 saturated carbocycles. The lowest BCUT2D eigenvalue weighted by Gasteiger charge is -2.03. The van der Waals surface area contributed by atoms with Crippen LogP contribution in [0.4, 0.5) is 0 Å². The van der Waals surface area contributed by atoms with Crippen LogP contribution in [-0.4, -0.2) is 20.7 Å². The van der Waals surface area contributed by atoms with Gasteiger partial charge in [0, 0.05) is 5.56 Å². The predicted molar refractivity (Wildman–Crippen MR) is 58.5 cm³/mol. The lowest BCUT2D eigenvalue weighted by Crippen LogP contribution is -2.04. The van der Waals surface area contributed by atoms with Crippen molar-refractivity contribution in [2.75, 3.05) is 20.7 Å². The summed E-state index contributed by atoms with van der Waals surface area (Å²) < 4.78 is 5.17. The Morgan fingerprint density at radius 2 is 2.21 bits per heavy atom. The van der Waals surface area contributed by atoms with E-state index in [1.807, 2.05) is 32.2 Å². The van der Waals surface area contributed by atoms with E-state index >= 15 is 0 Å². The van der Waals surface area contributed by atoms with Gasteiger partial charge in [-0.2, -0.15) is 0 Å². The van der Waals surface area contributed by atoms with Gasteiger partial charge in [-0.25, -0.2) is 0 Å². The third-order valence-corrected chi connectivity index (χ3v) is 1.89. The topological polar surface area (TPSA) is 21.3 Å². The highest BCUT2D eigenvalue weighted by Gasteiger charge is 1.96. The summed E-state index contributed by atoms with van der Waals surface area (Å²) in [6.07, 6.45) is 0. The van der Waals surface area contributed by atoms with Gasteiger partial charge in [-0.15, -0.1) is 0 Å². The SMILES string of the molecule is CNCC#Cc1ccc(OC)c(C)c1. The van der Waals surface area contributed by atoms with Gasteiger partial charge < -0.3 is 10.1 Å². The number of ether oxygens (including phenoxy) is 1. The minimum Gasteiger partial charge on any atom is -0.496 e. The number of rotatable bonds is 2. The number of methoxy groups -OCH3 is 1. The van der Waals surface area contributed by atoms with Gasteiger partial charge in [0.2, 0.25) is 0 Å². The van der Waals surface area contributed by atoms with Crippen molar-refractivity contribution < 1.29 is 4.74 Å². The van der Waals surface area contributed by atoms with Crippen molar-refractivity contribution in [2.24, 2.45) is 0 Å². The molecule has 0 atom stereocenters. The Balaban J connectivity index is 2.82. The van der Waals surface area contributed by atoms with Gasteiger partial charge in [-0.05, 0) is 37.7 Å². The Bertz CT molecular complexity index is 360. The first kappa shape index (κ1) is 10.6. The Kier molecular flexibility index (Phi) is 4.03. The summed E-state index contributed by atoms with van der Waals surface area (Å²) in [6.45, 7) is 2.73. The minimum atomic E-state index is 0.713. The molecule has 0 fully saturated rings. The van der Waals surface area contributed by atoms with Crippen molar-refractivity contribution >= 4 is 0 Å². The van der Waals surface area contributed by atoms with Crippen molar-refractivity contribution in [1.82, 2.24) is 5.32 Å². The van der Waals surface area contributed by atoms with Crippen LogP contribution in [0.5, 0.6) is 5.75 Å². The molecule has 2 nitrogen and oxygen atoms in total. The molecule has 0 radical (unpaired) electrons. The van der Waals surface area contributed by atoms with Gasteiger partial charge in [0.05, 0.1) is 13.7 Å². The van der Waals surface area contributed by atoms with E-state index in [-0.39, 0.29) is 0 Å². The number of nitrogens with one attached hydrogen (secondary N) is 1. The molecule has 2 heteroatoms. The zero-order valence-corrected chi connectivity index (χ0v) is 8.85. The zero-order valence-electron chi connectivity index (χ0n) is 8.85. The molecule has 1 N–H and O–H groups in total. The smallest absolute Gasteiger partial charge is 0.121 e. The van der Waals surface area contributed by atoms with Crippen LogP contribution in [0.15, 0.2) is 18.2 Å². The van der Waals surface area contributed by atoms with Crippen LogP contribution >= 0.6 is 0 Å². The molecule has 0 aliphatic heterocycles. The third kappa shape index (κ3) is 2.79. The molecule has 0 aromatic heterocycles. The third-order valence-electron chi connectivity index (χ3n) is 1.89. The summed E-state index contributed by atoms with van der Waals surface area (Å²) in [5, 5.41) is 2.98. The van der Waals surface area contributed by atoms with Gasteiger partial charge in [-0.1, -0.05) is 11.8 Å². The Labute approximate surface area is 85.3 Å². The monoisotopic (exact) mass is 189 g/mol. The summed E-state index contributed by atoms with van der Waals surface area (Å²) >= 11 is 0. The van der Waals surface area contributed by atoms with Crippen LogP contribution in [-0.2, 0) is 0 Å². The molecule has 0 aliphatic carbocycles. The van der Waals surface area contributed by atoms with Crippen molar-refractivity contribution in [1.29, 1.82) is 0 Å². The van der Waals surface area contributed by atoms with E-state index in [1.54, 1.807) is 7.11 Å². The largest absolute Gasteiger partial charge is 0.496 e. The van der Waals surface area contributed by atoms with Gasteiger partial charge >= 0.3 is 0 Å². The van der Waals surface area contributed by atoms with Crippen LogP contribution in [0.25, 0.3) is 0 Å². The number of hydrogen-bond donors (Lipinski definition) is 1. The maximum absolute atomic E-state index is 5.17. The van der Waals surface area contributed by atoms with Gasteiger partial charge in [0.25, 0.3) is 0 Å². The summed E-state index contributed by atoms with van der Waals surface area (Å²) in [6, 6.07) is 5.94. The van der Waals surface area contributed by atoms with Crippen molar-refractivity contribution in [2.45, 2.75) is 6.92 Å². The first-order valence-corrected chi connectivity index (χ1v) is 4.56. The summed E-state index contributed by atoms with van der Waals surface area (Å²) in [4.78, 5) is 0. The van der Waals surface area contributed by atoms with E-state index < -0.39 is 0 Å². The number of benzene rings is 1. The van der Waals surface area contributed by atoms with Crippen LogP contribution in [0.1, 0.15) is 11.1 Å². The molecule has 0 amide bonds. The Morgan fingerprint density at radius 3 is 2.79 bits per heavy atom. The van der Waals surface area contributed by atoms with Gasteiger partial charge in [0.15, 0.2) is 0 Å². The highest BCUT2D eigenvalue weighted by molar-refractivity contribution is 5.43. The molecule has 0 heterocycles. The molecule has 0 aliphatic rings.